The number of halogens is 1. The minimum atomic E-state index is 0.278. The lowest BCUT2D eigenvalue weighted by Crippen LogP contribution is -2.45. The first kappa shape index (κ1) is 12.5. The second-order valence-electron chi connectivity index (χ2n) is 4.92. The first-order chi connectivity index (χ1) is 6.56. The maximum Gasteiger partial charge on any atom is 0.0247 e. The van der Waals surface area contributed by atoms with Gasteiger partial charge in [-0.05, 0) is 46.8 Å². The van der Waals surface area contributed by atoms with Crippen molar-refractivity contribution in [3.8, 4) is 0 Å². The van der Waals surface area contributed by atoms with Crippen LogP contribution in [0.15, 0.2) is 0 Å². The average molecular weight is 263 g/mol. The van der Waals surface area contributed by atoms with Gasteiger partial charge in [0.2, 0.25) is 0 Å². The van der Waals surface area contributed by atoms with E-state index in [1.165, 1.54) is 39.0 Å². The topological polar surface area (TPSA) is 6.48 Å². The zero-order chi connectivity index (χ0) is 10.6. The molecule has 1 saturated heterocycles. The van der Waals surface area contributed by atoms with Crippen LogP contribution in [0.3, 0.4) is 0 Å². The van der Waals surface area contributed by atoms with E-state index in [9.17, 15) is 0 Å². The lowest BCUT2D eigenvalue weighted by molar-refractivity contribution is 0.159. The molecule has 3 heteroatoms. The van der Waals surface area contributed by atoms with Crippen molar-refractivity contribution in [3.63, 3.8) is 0 Å². The smallest absolute Gasteiger partial charge is 0.0247 e. The molecule has 1 rings (SSSR count). The minimum Gasteiger partial charge on any atom is -0.302 e. The van der Waals surface area contributed by atoms with Crippen molar-refractivity contribution in [3.05, 3.63) is 0 Å². The van der Waals surface area contributed by atoms with Crippen LogP contribution >= 0.6 is 15.9 Å². The van der Waals surface area contributed by atoms with Gasteiger partial charge in [0.05, 0.1) is 0 Å². The van der Waals surface area contributed by atoms with Gasteiger partial charge in [-0.15, -0.1) is 0 Å². The molecule has 0 aromatic rings. The van der Waals surface area contributed by atoms with Gasteiger partial charge in [0, 0.05) is 24.0 Å². The van der Waals surface area contributed by atoms with E-state index < -0.39 is 0 Å². The Morgan fingerprint density at radius 2 is 1.86 bits per heavy atom. The molecular formula is C11H23BrN2. The molecule has 0 N–H and O–H groups in total. The molecule has 1 fully saturated rings. The number of rotatable bonds is 5. The van der Waals surface area contributed by atoms with Crippen LogP contribution in [0.4, 0.5) is 0 Å². The largest absolute Gasteiger partial charge is 0.302 e. The van der Waals surface area contributed by atoms with Gasteiger partial charge >= 0.3 is 0 Å². The Bertz CT molecular complexity index is 165. The maximum absolute atomic E-state index is 3.57. The fourth-order valence-electron chi connectivity index (χ4n) is 1.70. The van der Waals surface area contributed by atoms with Crippen LogP contribution in [0.1, 0.15) is 26.7 Å². The SMILES string of the molecule is CN(CCN1CCCC1)C(C)(C)CBr. The molecule has 0 aromatic carbocycles. The van der Waals surface area contributed by atoms with Gasteiger partial charge in [-0.1, -0.05) is 15.9 Å². The third-order valence-electron chi connectivity index (χ3n) is 3.31. The van der Waals surface area contributed by atoms with E-state index in [1.54, 1.807) is 0 Å². The number of hydrogen-bond donors (Lipinski definition) is 0. The van der Waals surface area contributed by atoms with Crippen LogP contribution in [0.2, 0.25) is 0 Å². The fraction of sp³-hybridized carbons (Fsp3) is 1.00. The van der Waals surface area contributed by atoms with Crippen molar-refractivity contribution in [1.82, 2.24) is 9.80 Å². The van der Waals surface area contributed by atoms with Crippen molar-refractivity contribution in [2.45, 2.75) is 32.2 Å². The zero-order valence-electron chi connectivity index (χ0n) is 9.72. The van der Waals surface area contributed by atoms with Crippen LogP contribution in [0, 0.1) is 0 Å². The Kier molecular flexibility index (Phi) is 4.88. The number of likely N-dealkylation sites (N-methyl/N-ethyl adjacent to an activating group) is 1. The summed E-state index contributed by atoms with van der Waals surface area (Å²) < 4.78 is 0. The predicted molar refractivity (Wildman–Crippen MR) is 66.2 cm³/mol. The highest BCUT2D eigenvalue weighted by Gasteiger charge is 2.22. The molecule has 0 aliphatic carbocycles. The molecule has 0 spiro atoms. The molecule has 0 amide bonds. The van der Waals surface area contributed by atoms with Gasteiger partial charge in [0.15, 0.2) is 0 Å². The Labute approximate surface area is 96.8 Å². The van der Waals surface area contributed by atoms with Crippen LogP contribution in [0.5, 0.6) is 0 Å². The van der Waals surface area contributed by atoms with Crippen molar-refractivity contribution in [1.29, 1.82) is 0 Å². The molecule has 0 bridgehead atoms. The first-order valence-electron chi connectivity index (χ1n) is 5.56. The molecule has 14 heavy (non-hydrogen) atoms. The highest BCUT2D eigenvalue weighted by molar-refractivity contribution is 9.09. The molecule has 0 unspecified atom stereocenters. The van der Waals surface area contributed by atoms with E-state index in [0.717, 1.165) is 5.33 Å². The summed E-state index contributed by atoms with van der Waals surface area (Å²) in [4.78, 5) is 5.01. The first-order valence-corrected chi connectivity index (χ1v) is 6.68. The van der Waals surface area contributed by atoms with Crippen LogP contribution in [0.25, 0.3) is 0 Å². The molecule has 84 valence electrons. The van der Waals surface area contributed by atoms with Crippen LogP contribution in [-0.4, -0.2) is 53.9 Å². The van der Waals surface area contributed by atoms with Gasteiger partial charge in [0.1, 0.15) is 0 Å². The Morgan fingerprint density at radius 3 is 2.36 bits per heavy atom. The van der Waals surface area contributed by atoms with Gasteiger partial charge in [-0.3, -0.25) is 4.90 Å². The summed E-state index contributed by atoms with van der Waals surface area (Å²) in [6, 6.07) is 0. The third-order valence-corrected chi connectivity index (χ3v) is 4.68. The lowest BCUT2D eigenvalue weighted by Gasteiger charge is -2.35. The molecule has 1 aliphatic rings. The summed E-state index contributed by atoms with van der Waals surface area (Å²) in [5.41, 5.74) is 0.278. The van der Waals surface area contributed by atoms with Crippen molar-refractivity contribution < 1.29 is 0 Å². The van der Waals surface area contributed by atoms with Crippen LogP contribution in [-0.2, 0) is 0 Å². The maximum atomic E-state index is 3.57. The lowest BCUT2D eigenvalue weighted by atomic mass is 10.1. The number of likely N-dealkylation sites (tertiary alicyclic amines) is 1. The van der Waals surface area contributed by atoms with E-state index in [2.05, 4.69) is 46.6 Å². The average Bonchev–Trinajstić information content (AvgIpc) is 2.66. The predicted octanol–water partition coefficient (Wildman–Crippen LogP) is 2.19. The Balaban J connectivity index is 2.22. The van der Waals surface area contributed by atoms with Crippen molar-refractivity contribution in [2.75, 3.05) is 38.6 Å². The quantitative estimate of drug-likeness (QED) is 0.701. The Hall–Kier alpha value is 0.400. The van der Waals surface area contributed by atoms with E-state index >= 15 is 0 Å². The normalized spacial score (nSPS) is 19.5. The number of hydrogen-bond acceptors (Lipinski definition) is 2. The molecule has 0 atom stereocenters. The molecular weight excluding hydrogens is 240 g/mol. The molecule has 0 radical (unpaired) electrons. The van der Waals surface area contributed by atoms with Crippen molar-refractivity contribution >= 4 is 15.9 Å². The fourth-order valence-corrected chi connectivity index (χ4v) is 2.13. The number of nitrogens with zero attached hydrogens (tertiary/aromatic N) is 2. The molecule has 0 aromatic heterocycles. The summed E-state index contributed by atoms with van der Waals surface area (Å²) in [7, 11) is 2.22. The highest BCUT2D eigenvalue weighted by Crippen LogP contribution is 2.15. The minimum absolute atomic E-state index is 0.278. The van der Waals surface area contributed by atoms with E-state index in [0.29, 0.717) is 0 Å². The summed E-state index contributed by atoms with van der Waals surface area (Å²) >= 11 is 3.57. The van der Waals surface area contributed by atoms with Gasteiger partial charge in [0.25, 0.3) is 0 Å². The molecule has 0 saturated carbocycles. The van der Waals surface area contributed by atoms with Gasteiger partial charge in [-0.25, -0.2) is 0 Å². The third kappa shape index (κ3) is 3.52. The van der Waals surface area contributed by atoms with Crippen molar-refractivity contribution in [2.24, 2.45) is 0 Å². The monoisotopic (exact) mass is 262 g/mol. The standard InChI is InChI=1S/C11H23BrN2/c1-11(2,10-12)13(3)8-9-14-6-4-5-7-14/h4-10H2,1-3H3. The molecule has 2 nitrogen and oxygen atoms in total. The summed E-state index contributed by atoms with van der Waals surface area (Å²) in [5, 5.41) is 1.04. The second-order valence-corrected chi connectivity index (χ2v) is 5.48. The molecule has 1 heterocycles. The van der Waals surface area contributed by atoms with E-state index in [-0.39, 0.29) is 5.54 Å². The highest BCUT2D eigenvalue weighted by atomic mass is 79.9. The molecule has 1 aliphatic heterocycles. The summed E-state index contributed by atoms with van der Waals surface area (Å²) in [6.07, 6.45) is 2.79. The van der Waals surface area contributed by atoms with Gasteiger partial charge in [-0.2, -0.15) is 0 Å². The zero-order valence-corrected chi connectivity index (χ0v) is 11.3. The van der Waals surface area contributed by atoms with Crippen LogP contribution < -0.4 is 0 Å². The summed E-state index contributed by atoms with van der Waals surface area (Å²) in [5.74, 6) is 0. The Morgan fingerprint density at radius 1 is 1.29 bits per heavy atom. The van der Waals surface area contributed by atoms with E-state index in [4.69, 9.17) is 0 Å². The van der Waals surface area contributed by atoms with Gasteiger partial charge < -0.3 is 4.90 Å². The number of alkyl halides is 1. The second kappa shape index (κ2) is 5.47. The van der Waals surface area contributed by atoms with E-state index in [1.807, 2.05) is 0 Å². The summed E-state index contributed by atoms with van der Waals surface area (Å²) in [6.45, 7) is 9.59.